The van der Waals surface area contributed by atoms with Crippen LogP contribution in [0, 0.1) is 32.5 Å². The number of carboxylic acids is 1. The highest BCUT2D eigenvalue weighted by Gasteiger charge is 2.60. The summed E-state index contributed by atoms with van der Waals surface area (Å²) in [5, 5.41) is 9.38. The first kappa shape index (κ1) is 40.1. The van der Waals surface area contributed by atoms with E-state index in [1.54, 1.807) is 6.07 Å². The number of benzene rings is 1. The Labute approximate surface area is 270 Å². The molecule has 0 radical (unpaired) electrons. The summed E-state index contributed by atoms with van der Waals surface area (Å²) in [4.78, 5) is 51.8. The van der Waals surface area contributed by atoms with Crippen molar-refractivity contribution in [3.8, 4) is 0 Å². The molecule has 0 bridgehead atoms. The normalized spacial score (nSPS) is 15.4. The van der Waals surface area contributed by atoms with Crippen LogP contribution in [0.3, 0.4) is 0 Å². The smallest absolute Gasteiger partial charge is 0.339 e. The van der Waals surface area contributed by atoms with Gasteiger partial charge in [0.1, 0.15) is 19.8 Å². The molecular weight excluding hydrogens is 576 g/mol. The summed E-state index contributed by atoms with van der Waals surface area (Å²) in [5.41, 5.74) is -4.09. The van der Waals surface area contributed by atoms with Crippen LogP contribution in [0.4, 0.5) is 0 Å². The van der Waals surface area contributed by atoms with Crippen LogP contribution in [0.25, 0.3) is 0 Å². The zero-order chi connectivity index (χ0) is 35.1. The molecule has 2 atom stereocenters. The second-order valence-corrected chi connectivity index (χ2v) is 15.8. The van der Waals surface area contributed by atoms with Gasteiger partial charge in [0.05, 0.1) is 28.6 Å². The van der Waals surface area contributed by atoms with E-state index in [2.05, 4.69) is 34.6 Å². The van der Waals surface area contributed by atoms with E-state index in [4.69, 9.17) is 18.9 Å². The molecule has 0 aliphatic heterocycles. The van der Waals surface area contributed by atoms with E-state index in [0.717, 1.165) is 0 Å². The highest BCUT2D eigenvalue weighted by Crippen LogP contribution is 2.61. The number of aromatic carboxylic acids is 1. The van der Waals surface area contributed by atoms with E-state index in [0.29, 0.717) is 26.1 Å². The van der Waals surface area contributed by atoms with Crippen molar-refractivity contribution in [3.05, 3.63) is 35.4 Å². The van der Waals surface area contributed by atoms with Crippen molar-refractivity contribution >= 4 is 23.9 Å². The third-order valence-electron chi connectivity index (χ3n) is 9.90. The molecule has 0 aliphatic carbocycles. The lowest BCUT2D eigenvalue weighted by Gasteiger charge is -2.56. The Morgan fingerprint density at radius 1 is 0.644 bits per heavy atom. The molecule has 0 spiro atoms. The molecule has 0 saturated heterocycles. The van der Waals surface area contributed by atoms with Gasteiger partial charge in [0.15, 0.2) is 0 Å². The Bertz CT molecular complexity index is 1190. The lowest BCUT2D eigenvalue weighted by atomic mass is 9.47. The first-order valence-corrected chi connectivity index (χ1v) is 15.8. The summed E-state index contributed by atoms with van der Waals surface area (Å²) in [5.74, 6) is -2.78. The van der Waals surface area contributed by atoms with Gasteiger partial charge in [-0.25, -0.2) is 9.59 Å². The summed E-state index contributed by atoms with van der Waals surface area (Å²) in [6.07, 6.45) is 0.934. The molecule has 0 fully saturated rings. The lowest BCUT2D eigenvalue weighted by Crippen LogP contribution is -2.56. The largest absolute Gasteiger partial charge is 0.478 e. The van der Waals surface area contributed by atoms with Gasteiger partial charge in [0.25, 0.3) is 0 Å². The maximum absolute atomic E-state index is 14.0. The van der Waals surface area contributed by atoms with Crippen LogP contribution in [0.1, 0.15) is 124 Å². The van der Waals surface area contributed by atoms with Gasteiger partial charge in [-0.05, 0) is 67.4 Å². The van der Waals surface area contributed by atoms with E-state index in [1.807, 2.05) is 55.4 Å². The van der Waals surface area contributed by atoms with Crippen LogP contribution in [0.2, 0.25) is 0 Å². The number of esters is 3. The Kier molecular flexibility index (Phi) is 13.4. The molecule has 2 unspecified atom stereocenters. The molecule has 1 aromatic rings. The van der Waals surface area contributed by atoms with Gasteiger partial charge in [0.2, 0.25) is 0 Å². The van der Waals surface area contributed by atoms with Gasteiger partial charge in [-0.3, -0.25) is 9.59 Å². The summed E-state index contributed by atoms with van der Waals surface area (Å²) >= 11 is 0. The summed E-state index contributed by atoms with van der Waals surface area (Å²) in [6.45, 7) is 26.9. The molecular formula is C36H58O9. The summed E-state index contributed by atoms with van der Waals surface area (Å²) < 4.78 is 22.1. The van der Waals surface area contributed by atoms with Crippen LogP contribution in [0.15, 0.2) is 24.3 Å². The fourth-order valence-electron chi connectivity index (χ4n) is 5.95. The zero-order valence-corrected chi connectivity index (χ0v) is 30.0. The van der Waals surface area contributed by atoms with Crippen LogP contribution >= 0.6 is 0 Å². The van der Waals surface area contributed by atoms with Crippen molar-refractivity contribution in [1.82, 2.24) is 0 Å². The number of carboxylic acid groups (broad SMARTS) is 1. The quantitative estimate of drug-likeness (QED) is 0.111. The minimum Gasteiger partial charge on any atom is -0.478 e. The fourth-order valence-corrected chi connectivity index (χ4v) is 5.95. The van der Waals surface area contributed by atoms with E-state index < -0.39 is 45.0 Å². The molecule has 0 saturated carbocycles. The van der Waals surface area contributed by atoms with Gasteiger partial charge in [-0.1, -0.05) is 81.4 Å². The average molecular weight is 635 g/mol. The molecule has 0 aromatic heterocycles. The number of carbonyl (C=O) groups is 4. The minimum absolute atomic E-state index is 0.0740. The minimum atomic E-state index is -1.24. The third kappa shape index (κ3) is 9.77. The second-order valence-electron chi connectivity index (χ2n) is 15.8. The predicted octanol–water partition coefficient (Wildman–Crippen LogP) is 7.60. The highest BCUT2D eigenvalue weighted by molar-refractivity contribution is 6.02. The van der Waals surface area contributed by atoms with Crippen molar-refractivity contribution in [2.45, 2.75) is 103 Å². The van der Waals surface area contributed by atoms with Crippen molar-refractivity contribution in [3.63, 3.8) is 0 Å². The van der Waals surface area contributed by atoms with E-state index >= 15 is 0 Å². The van der Waals surface area contributed by atoms with E-state index in [1.165, 1.54) is 18.2 Å². The maximum atomic E-state index is 14.0. The number of carbonyl (C=O) groups excluding carboxylic acids is 3. The standard InChI is InChI=1S/C36H58O9/c1-14-42-19-20-44-29(40)35(12,32(5,6)7)24-33(8,9)34(10,11)36(13,23-31(2,3)4)30(41)45-22-21-43-28(39)26-18-16-15-17-25(26)27(37)38/h15-18H,14,19-24H2,1-13H3,(H,37,38). The number of hydrogen-bond acceptors (Lipinski definition) is 8. The van der Waals surface area contributed by atoms with Crippen molar-refractivity contribution < 1.29 is 43.2 Å². The second kappa shape index (κ2) is 15.1. The number of rotatable bonds is 16. The molecule has 1 aromatic carbocycles. The molecule has 0 heterocycles. The first-order valence-electron chi connectivity index (χ1n) is 15.8. The average Bonchev–Trinajstić information content (AvgIpc) is 2.90. The van der Waals surface area contributed by atoms with Gasteiger partial charge < -0.3 is 24.1 Å². The Hall–Kier alpha value is -2.94. The lowest BCUT2D eigenvalue weighted by molar-refractivity contribution is -0.182. The van der Waals surface area contributed by atoms with Crippen molar-refractivity contribution in [1.29, 1.82) is 0 Å². The zero-order valence-electron chi connectivity index (χ0n) is 30.0. The van der Waals surface area contributed by atoms with Crippen LogP contribution < -0.4 is 0 Å². The molecule has 0 aliphatic rings. The molecule has 45 heavy (non-hydrogen) atoms. The monoisotopic (exact) mass is 634 g/mol. The van der Waals surface area contributed by atoms with Gasteiger partial charge in [0, 0.05) is 6.61 Å². The Morgan fingerprint density at radius 3 is 1.58 bits per heavy atom. The maximum Gasteiger partial charge on any atom is 0.339 e. The molecule has 0 amide bonds. The van der Waals surface area contributed by atoms with Crippen LogP contribution in [-0.2, 0) is 28.5 Å². The van der Waals surface area contributed by atoms with Crippen LogP contribution in [-0.4, -0.2) is 62.0 Å². The van der Waals surface area contributed by atoms with Crippen molar-refractivity contribution in [2.75, 3.05) is 33.0 Å². The molecule has 1 N–H and O–H groups in total. The number of hydrogen-bond donors (Lipinski definition) is 1. The van der Waals surface area contributed by atoms with Crippen molar-refractivity contribution in [2.24, 2.45) is 32.5 Å². The fraction of sp³-hybridized carbons (Fsp3) is 0.722. The third-order valence-corrected chi connectivity index (χ3v) is 9.90. The van der Waals surface area contributed by atoms with Gasteiger partial charge >= 0.3 is 23.9 Å². The summed E-state index contributed by atoms with van der Waals surface area (Å²) in [6, 6.07) is 5.78. The molecule has 9 heteroatoms. The number of ether oxygens (including phenoxy) is 4. The Morgan fingerprint density at radius 2 is 1.11 bits per heavy atom. The topological polar surface area (TPSA) is 125 Å². The predicted molar refractivity (Wildman–Crippen MR) is 174 cm³/mol. The molecule has 1 rings (SSSR count). The van der Waals surface area contributed by atoms with Gasteiger partial charge in [-0.15, -0.1) is 0 Å². The van der Waals surface area contributed by atoms with E-state index in [9.17, 15) is 24.3 Å². The van der Waals surface area contributed by atoms with Crippen LogP contribution in [0.5, 0.6) is 0 Å². The van der Waals surface area contributed by atoms with Gasteiger partial charge in [-0.2, -0.15) is 0 Å². The summed E-state index contributed by atoms with van der Waals surface area (Å²) in [7, 11) is 0. The Balaban J connectivity index is 3.27. The SMILES string of the molecule is CCOCCOC(=O)C(C)(CC(C)(C)C(C)(C)C(C)(CC(C)(C)C)C(=O)OCCOC(=O)c1ccccc1C(=O)O)C(C)(C)C. The van der Waals surface area contributed by atoms with E-state index in [-0.39, 0.29) is 42.3 Å². The first-order chi connectivity index (χ1) is 20.4. The molecule has 9 nitrogen and oxygen atoms in total. The highest BCUT2D eigenvalue weighted by atomic mass is 16.6. The molecule has 256 valence electrons.